The number of nitrogens with two attached hydrogens (primary N) is 1. The molecule has 2 aromatic carbocycles. The second kappa shape index (κ2) is 4.23. The fourth-order valence-electron chi connectivity index (χ4n) is 1.93. The normalized spacial score (nSPS) is 11.0. The largest absolute Gasteiger partial charge is 0.338 e. The topological polar surface area (TPSA) is 54.7 Å². The fraction of sp³-hybridized carbons (Fsp3) is 0.0714. The number of H-pyrrole nitrogens is 1. The summed E-state index contributed by atoms with van der Waals surface area (Å²) >= 11 is 0. The van der Waals surface area contributed by atoms with Gasteiger partial charge in [0.2, 0.25) is 0 Å². The molecule has 0 aliphatic rings. The first-order valence-electron chi connectivity index (χ1n) is 5.71. The van der Waals surface area contributed by atoms with Gasteiger partial charge in [-0.2, -0.15) is 0 Å². The van der Waals surface area contributed by atoms with Gasteiger partial charge in [0, 0.05) is 12.1 Å². The SMILES string of the molecule is NCc1ccc(-c2nc3c(F)cccc3[nH]2)cc1. The Labute approximate surface area is 103 Å². The first kappa shape index (κ1) is 10.9. The van der Waals surface area contributed by atoms with Crippen molar-refractivity contribution in [1.82, 2.24) is 9.97 Å². The summed E-state index contributed by atoms with van der Waals surface area (Å²) in [6.07, 6.45) is 0. The Kier molecular flexibility index (Phi) is 2.57. The summed E-state index contributed by atoms with van der Waals surface area (Å²) in [5, 5.41) is 0. The van der Waals surface area contributed by atoms with Crippen molar-refractivity contribution in [2.45, 2.75) is 6.54 Å². The number of hydrogen-bond donors (Lipinski definition) is 2. The molecule has 0 aliphatic heterocycles. The molecule has 0 spiro atoms. The summed E-state index contributed by atoms with van der Waals surface area (Å²) in [5.41, 5.74) is 8.59. The van der Waals surface area contributed by atoms with E-state index in [9.17, 15) is 4.39 Å². The molecule has 0 amide bonds. The lowest BCUT2D eigenvalue weighted by Crippen LogP contribution is -1.95. The molecule has 3 rings (SSSR count). The molecule has 1 aromatic heterocycles. The molecule has 0 saturated heterocycles. The summed E-state index contributed by atoms with van der Waals surface area (Å²) in [7, 11) is 0. The van der Waals surface area contributed by atoms with Gasteiger partial charge in [0.1, 0.15) is 11.3 Å². The van der Waals surface area contributed by atoms with Crippen LogP contribution >= 0.6 is 0 Å². The summed E-state index contributed by atoms with van der Waals surface area (Å²) in [6, 6.07) is 12.6. The van der Waals surface area contributed by atoms with Crippen molar-refractivity contribution in [3.63, 3.8) is 0 Å². The Hall–Kier alpha value is -2.20. The number of nitrogens with zero attached hydrogens (tertiary/aromatic N) is 1. The Morgan fingerprint density at radius 2 is 1.89 bits per heavy atom. The van der Waals surface area contributed by atoms with E-state index in [1.54, 1.807) is 6.07 Å². The third-order valence-electron chi connectivity index (χ3n) is 2.93. The number of para-hydroxylation sites is 1. The predicted octanol–water partition coefficient (Wildman–Crippen LogP) is 2.83. The van der Waals surface area contributed by atoms with Gasteiger partial charge in [-0.25, -0.2) is 9.37 Å². The van der Waals surface area contributed by atoms with Crippen LogP contribution in [0.25, 0.3) is 22.4 Å². The predicted molar refractivity (Wildman–Crippen MR) is 69.4 cm³/mol. The van der Waals surface area contributed by atoms with Gasteiger partial charge >= 0.3 is 0 Å². The van der Waals surface area contributed by atoms with Crippen molar-refractivity contribution < 1.29 is 4.39 Å². The zero-order valence-corrected chi connectivity index (χ0v) is 9.65. The average molecular weight is 241 g/mol. The number of hydrogen-bond acceptors (Lipinski definition) is 2. The molecule has 3 aromatic rings. The molecule has 1 heterocycles. The number of benzene rings is 2. The molecule has 0 saturated carbocycles. The molecular weight excluding hydrogens is 229 g/mol. The molecule has 3 nitrogen and oxygen atoms in total. The Bertz CT molecular complexity index is 686. The van der Waals surface area contributed by atoms with Gasteiger partial charge in [-0.15, -0.1) is 0 Å². The highest BCUT2D eigenvalue weighted by Crippen LogP contribution is 2.22. The van der Waals surface area contributed by atoms with Crippen LogP contribution < -0.4 is 5.73 Å². The number of aromatic amines is 1. The maximum atomic E-state index is 13.5. The van der Waals surface area contributed by atoms with Gasteiger partial charge in [-0.1, -0.05) is 30.3 Å². The highest BCUT2D eigenvalue weighted by molar-refractivity contribution is 5.79. The zero-order chi connectivity index (χ0) is 12.5. The molecule has 0 radical (unpaired) electrons. The van der Waals surface area contributed by atoms with Crippen molar-refractivity contribution in [3.8, 4) is 11.4 Å². The summed E-state index contributed by atoms with van der Waals surface area (Å²) < 4.78 is 13.5. The van der Waals surface area contributed by atoms with Crippen molar-refractivity contribution in [2.24, 2.45) is 5.73 Å². The summed E-state index contributed by atoms with van der Waals surface area (Å²) in [5.74, 6) is 0.354. The highest BCUT2D eigenvalue weighted by atomic mass is 19.1. The molecule has 0 aliphatic carbocycles. The van der Waals surface area contributed by atoms with Crippen LogP contribution in [0.15, 0.2) is 42.5 Å². The molecule has 0 unspecified atom stereocenters. The molecule has 4 heteroatoms. The third kappa shape index (κ3) is 1.76. The zero-order valence-electron chi connectivity index (χ0n) is 9.65. The molecule has 90 valence electrons. The summed E-state index contributed by atoms with van der Waals surface area (Å²) in [6.45, 7) is 0.509. The third-order valence-corrected chi connectivity index (χ3v) is 2.93. The van der Waals surface area contributed by atoms with E-state index in [-0.39, 0.29) is 5.82 Å². The lowest BCUT2D eigenvalue weighted by Gasteiger charge is -1.98. The second-order valence-electron chi connectivity index (χ2n) is 4.12. The van der Waals surface area contributed by atoms with Crippen molar-refractivity contribution in [1.29, 1.82) is 0 Å². The van der Waals surface area contributed by atoms with Crippen LogP contribution in [0.5, 0.6) is 0 Å². The van der Waals surface area contributed by atoms with Gasteiger partial charge in [0.25, 0.3) is 0 Å². The van der Waals surface area contributed by atoms with Gasteiger partial charge in [-0.05, 0) is 17.7 Å². The fourth-order valence-corrected chi connectivity index (χ4v) is 1.93. The van der Waals surface area contributed by atoms with Gasteiger partial charge in [0.15, 0.2) is 5.82 Å². The molecule has 0 bridgehead atoms. The van der Waals surface area contributed by atoms with Crippen molar-refractivity contribution in [2.75, 3.05) is 0 Å². The minimum absolute atomic E-state index is 0.312. The maximum absolute atomic E-state index is 13.5. The van der Waals surface area contributed by atoms with Crippen LogP contribution in [-0.2, 0) is 6.54 Å². The number of halogens is 1. The van der Waals surface area contributed by atoms with E-state index in [4.69, 9.17) is 5.73 Å². The minimum Gasteiger partial charge on any atom is -0.338 e. The average Bonchev–Trinajstić information content (AvgIpc) is 2.84. The van der Waals surface area contributed by atoms with Crippen molar-refractivity contribution in [3.05, 3.63) is 53.8 Å². The summed E-state index contributed by atoms with van der Waals surface area (Å²) in [4.78, 5) is 7.38. The second-order valence-corrected chi connectivity index (χ2v) is 4.12. The maximum Gasteiger partial charge on any atom is 0.151 e. The van der Waals surface area contributed by atoms with E-state index in [1.165, 1.54) is 6.07 Å². The molecule has 3 N–H and O–H groups in total. The number of aromatic nitrogens is 2. The number of fused-ring (bicyclic) bond motifs is 1. The monoisotopic (exact) mass is 241 g/mol. The lowest BCUT2D eigenvalue weighted by molar-refractivity contribution is 0.637. The first-order chi connectivity index (χ1) is 8.78. The van der Waals surface area contributed by atoms with E-state index in [0.717, 1.165) is 11.1 Å². The Balaban J connectivity index is 2.10. The number of imidazole rings is 1. The van der Waals surface area contributed by atoms with E-state index in [0.29, 0.717) is 23.4 Å². The van der Waals surface area contributed by atoms with Gasteiger partial charge in [0.05, 0.1) is 5.52 Å². The lowest BCUT2D eigenvalue weighted by atomic mass is 10.1. The highest BCUT2D eigenvalue weighted by Gasteiger charge is 2.08. The molecule has 0 atom stereocenters. The quantitative estimate of drug-likeness (QED) is 0.724. The van der Waals surface area contributed by atoms with E-state index < -0.39 is 0 Å². The standard InChI is InChI=1S/C14H12FN3/c15-11-2-1-3-12-13(11)18-14(17-12)10-6-4-9(8-16)5-7-10/h1-7H,8,16H2,(H,17,18). The van der Waals surface area contributed by atoms with Crippen LogP contribution in [0.4, 0.5) is 4.39 Å². The Morgan fingerprint density at radius 1 is 1.11 bits per heavy atom. The number of rotatable bonds is 2. The van der Waals surface area contributed by atoms with Crippen LogP contribution in [0, 0.1) is 5.82 Å². The molecule has 18 heavy (non-hydrogen) atoms. The van der Waals surface area contributed by atoms with Crippen molar-refractivity contribution >= 4 is 11.0 Å². The Morgan fingerprint density at radius 3 is 2.56 bits per heavy atom. The van der Waals surface area contributed by atoms with Gasteiger partial charge < -0.3 is 10.7 Å². The van der Waals surface area contributed by atoms with Gasteiger partial charge in [-0.3, -0.25) is 0 Å². The first-order valence-corrected chi connectivity index (χ1v) is 5.71. The van der Waals surface area contributed by atoms with Crippen LogP contribution in [0.1, 0.15) is 5.56 Å². The van der Waals surface area contributed by atoms with E-state index in [1.807, 2.05) is 30.3 Å². The van der Waals surface area contributed by atoms with E-state index in [2.05, 4.69) is 9.97 Å². The van der Waals surface area contributed by atoms with E-state index >= 15 is 0 Å². The minimum atomic E-state index is -0.312. The molecular formula is C14H12FN3. The van der Waals surface area contributed by atoms with Crippen LogP contribution in [0.2, 0.25) is 0 Å². The number of nitrogens with one attached hydrogen (secondary N) is 1. The van der Waals surface area contributed by atoms with Crippen LogP contribution in [0.3, 0.4) is 0 Å². The molecule has 0 fully saturated rings. The smallest absolute Gasteiger partial charge is 0.151 e. The van der Waals surface area contributed by atoms with Crippen LogP contribution in [-0.4, -0.2) is 9.97 Å².